The summed E-state index contributed by atoms with van der Waals surface area (Å²) in [5.74, 6) is 0.216. The number of amides is 1. The summed E-state index contributed by atoms with van der Waals surface area (Å²) in [4.78, 5) is 27.9. The lowest BCUT2D eigenvalue weighted by Gasteiger charge is -2.25. The first kappa shape index (κ1) is 42.1. The van der Waals surface area contributed by atoms with Gasteiger partial charge in [0.25, 0.3) is 0 Å². The number of ether oxygens (including phenoxy) is 3. The first-order valence-corrected chi connectivity index (χ1v) is 18.5. The molecule has 15 heteroatoms. The number of aliphatic hydroxyl groups excluding tert-OH is 1. The molecule has 0 aliphatic heterocycles. The molecule has 5 aromatic rings. The summed E-state index contributed by atoms with van der Waals surface area (Å²) < 4.78 is 23.7. The second kappa shape index (κ2) is 18.3. The number of alkyl carbamates (subject to hydrolysis) is 1. The Morgan fingerprint density at radius 2 is 1.61 bits per heavy atom. The van der Waals surface area contributed by atoms with Crippen molar-refractivity contribution >= 4 is 23.7 Å². The highest BCUT2D eigenvalue weighted by molar-refractivity contribution is 6.32. The number of benzene rings is 3. The van der Waals surface area contributed by atoms with E-state index in [-0.39, 0.29) is 31.3 Å². The minimum atomic E-state index is -1.61. The fourth-order valence-electron chi connectivity index (χ4n) is 5.73. The molecule has 5 rings (SSSR count). The number of carboxylic acid groups (broad SMARTS) is 1. The summed E-state index contributed by atoms with van der Waals surface area (Å²) in [5, 5.41) is 43.0. The predicted octanol–water partition coefficient (Wildman–Crippen LogP) is 7.09. The highest BCUT2D eigenvalue weighted by atomic mass is 35.5. The van der Waals surface area contributed by atoms with Gasteiger partial charge in [0.2, 0.25) is 11.8 Å². The molecule has 57 heavy (non-hydrogen) atoms. The maximum absolute atomic E-state index is 12.0. The lowest BCUT2D eigenvalue weighted by atomic mass is 9.91. The van der Waals surface area contributed by atoms with Crippen molar-refractivity contribution in [1.29, 1.82) is 5.26 Å². The summed E-state index contributed by atoms with van der Waals surface area (Å²) in [7, 11) is 0. The van der Waals surface area contributed by atoms with Gasteiger partial charge in [0.05, 0.1) is 17.2 Å². The van der Waals surface area contributed by atoms with Gasteiger partial charge in [-0.3, -0.25) is 15.1 Å². The molecule has 2 aromatic heterocycles. The number of nitrogens with zero attached hydrogens (tertiary/aromatic N) is 4. The van der Waals surface area contributed by atoms with E-state index >= 15 is 0 Å². The molecule has 0 bridgehead atoms. The van der Waals surface area contributed by atoms with E-state index in [1.54, 1.807) is 45.2 Å². The Bertz CT molecular complexity index is 2280. The Hall–Kier alpha value is -6.01. The van der Waals surface area contributed by atoms with E-state index in [4.69, 9.17) is 30.2 Å². The third-order valence-electron chi connectivity index (χ3n) is 9.05. The van der Waals surface area contributed by atoms with Gasteiger partial charge in [-0.05, 0) is 87.6 Å². The number of carbonyl (C=O) groups is 2. The van der Waals surface area contributed by atoms with Crippen molar-refractivity contribution in [2.24, 2.45) is 0 Å². The topological polar surface area (TPSA) is 202 Å². The van der Waals surface area contributed by atoms with E-state index in [0.29, 0.717) is 46.4 Å². The number of halogens is 1. The molecule has 0 aliphatic rings. The monoisotopic (exact) mass is 796 g/mol. The zero-order valence-electron chi connectivity index (χ0n) is 32.6. The number of nitriles is 1. The lowest BCUT2D eigenvalue weighted by molar-refractivity contribution is -0.145. The zero-order valence-corrected chi connectivity index (χ0v) is 33.4. The minimum absolute atomic E-state index is 0.00492. The van der Waals surface area contributed by atoms with Crippen LogP contribution in [0.5, 0.6) is 11.5 Å². The van der Waals surface area contributed by atoms with Gasteiger partial charge >= 0.3 is 12.1 Å². The summed E-state index contributed by atoms with van der Waals surface area (Å²) in [5.41, 5.74) is 4.88. The SMILES string of the molecule is Cc1c(COc2cc(OCc3cncc(C#N)c3)c(CN[C@@](C)(CO)C(=O)O)cc2Cl)cccc1-c1cccc(-c2nnc(CCNC(=O)OC(C)(C)C)o2)c1C. The Morgan fingerprint density at radius 1 is 0.912 bits per heavy atom. The highest BCUT2D eigenvalue weighted by Gasteiger charge is 2.32. The summed E-state index contributed by atoms with van der Waals surface area (Å²) in [6, 6.07) is 18.8. The number of hydrogen-bond acceptors (Lipinski definition) is 12. The molecule has 0 saturated carbocycles. The Morgan fingerprint density at radius 3 is 2.32 bits per heavy atom. The largest absolute Gasteiger partial charge is 0.488 e. The average molecular weight is 797 g/mol. The number of carbonyl (C=O) groups excluding carboxylic acids is 1. The van der Waals surface area contributed by atoms with Crippen molar-refractivity contribution in [3.63, 3.8) is 0 Å². The van der Waals surface area contributed by atoms with Gasteiger partial charge in [0, 0.05) is 54.7 Å². The number of rotatable bonds is 16. The maximum atomic E-state index is 12.0. The number of nitrogens with one attached hydrogen (secondary N) is 2. The van der Waals surface area contributed by atoms with Crippen LogP contribution >= 0.6 is 11.6 Å². The van der Waals surface area contributed by atoms with Crippen LogP contribution in [-0.2, 0) is 35.7 Å². The molecule has 0 fully saturated rings. The number of carboxylic acids is 1. The Labute approximate surface area is 335 Å². The lowest BCUT2D eigenvalue weighted by Crippen LogP contribution is -2.52. The molecule has 2 heterocycles. The zero-order chi connectivity index (χ0) is 41.3. The maximum Gasteiger partial charge on any atom is 0.407 e. The van der Waals surface area contributed by atoms with Crippen LogP contribution in [-0.4, -0.2) is 61.7 Å². The van der Waals surface area contributed by atoms with Gasteiger partial charge in [0.1, 0.15) is 41.9 Å². The van der Waals surface area contributed by atoms with Crippen LogP contribution in [0.15, 0.2) is 71.4 Å². The fourth-order valence-corrected chi connectivity index (χ4v) is 5.97. The van der Waals surface area contributed by atoms with E-state index in [1.807, 2.05) is 50.2 Å². The smallest absolute Gasteiger partial charge is 0.407 e. The average Bonchev–Trinajstić information content (AvgIpc) is 3.64. The van der Waals surface area contributed by atoms with Crippen molar-refractivity contribution in [1.82, 2.24) is 25.8 Å². The molecular formula is C42H45ClN6O8. The van der Waals surface area contributed by atoms with Gasteiger partial charge < -0.3 is 34.2 Å². The van der Waals surface area contributed by atoms with Crippen molar-refractivity contribution in [3.05, 3.63) is 111 Å². The van der Waals surface area contributed by atoms with Crippen molar-refractivity contribution in [3.8, 4) is 40.1 Å². The van der Waals surface area contributed by atoms with Crippen molar-refractivity contribution < 1.29 is 38.4 Å². The fraction of sp³-hybridized carbons (Fsp3) is 0.333. The molecule has 14 nitrogen and oxygen atoms in total. The van der Waals surface area contributed by atoms with E-state index in [1.165, 1.54) is 13.1 Å². The van der Waals surface area contributed by atoms with E-state index < -0.39 is 29.8 Å². The molecule has 0 unspecified atom stereocenters. The van der Waals surface area contributed by atoms with Gasteiger partial charge in [-0.15, -0.1) is 10.2 Å². The van der Waals surface area contributed by atoms with Crippen LogP contribution in [0.3, 0.4) is 0 Å². The van der Waals surface area contributed by atoms with E-state index in [9.17, 15) is 25.1 Å². The molecule has 0 spiro atoms. The standard InChI is InChI=1S/C42H45ClN6O8/c1-25-29(9-7-10-31(25)32-11-8-12-33(26(32)2)38-49-48-37(56-38)13-14-46-40(53)57-41(3,4)5)23-55-36-17-35(54-22-28-15-27(18-44)19-45-20-28)30(16-34(36)43)21-47-42(6,24-50)39(51)52/h7-12,15-17,19-20,47,50H,13-14,21-24H2,1-6H3,(H,46,53)(H,51,52)/t42-/m0/s1. The number of aromatic nitrogens is 3. The van der Waals surface area contributed by atoms with Crippen molar-refractivity contribution in [2.45, 2.75) is 78.9 Å². The number of aliphatic carboxylic acids is 1. The number of aliphatic hydroxyl groups is 1. The third-order valence-corrected chi connectivity index (χ3v) is 9.34. The first-order valence-electron chi connectivity index (χ1n) is 18.1. The third kappa shape index (κ3) is 10.9. The van der Waals surface area contributed by atoms with Crippen LogP contribution in [0.2, 0.25) is 5.02 Å². The minimum Gasteiger partial charge on any atom is -0.488 e. The number of hydrogen-bond donors (Lipinski definition) is 4. The molecule has 1 amide bonds. The van der Waals surface area contributed by atoms with Crippen LogP contribution in [0.25, 0.3) is 22.6 Å². The van der Waals surface area contributed by atoms with Gasteiger partial charge in [0.15, 0.2) is 0 Å². The molecule has 298 valence electrons. The number of pyridine rings is 1. The van der Waals surface area contributed by atoms with Crippen molar-refractivity contribution in [2.75, 3.05) is 13.2 Å². The van der Waals surface area contributed by atoms with Crippen LogP contribution in [0, 0.1) is 25.2 Å². The Kier molecular flexibility index (Phi) is 13.5. The highest BCUT2D eigenvalue weighted by Crippen LogP contribution is 2.37. The normalized spacial score (nSPS) is 12.3. The second-order valence-corrected chi connectivity index (χ2v) is 15.0. The second-order valence-electron chi connectivity index (χ2n) is 14.6. The quantitative estimate of drug-likeness (QED) is 0.0789. The summed E-state index contributed by atoms with van der Waals surface area (Å²) in [6.07, 6.45) is 2.85. The summed E-state index contributed by atoms with van der Waals surface area (Å²) in [6.45, 7) is 10.6. The molecular weight excluding hydrogens is 752 g/mol. The van der Waals surface area contributed by atoms with Gasteiger partial charge in [-0.2, -0.15) is 5.26 Å². The van der Waals surface area contributed by atoms with Crippen LogP contribution in [0.4, 0.5) is 4.79 Å². The molecule has 0 radical (unpaired) electrons. The van der Waals surface area contributed by atoms with Crippen LogP contribution in [0.1, 0.15) is 67.0 Å². The van der Waals surface area contributed by atoms with Gasteiger partial charge in [-0.25, -0.2) is 4.79 Å². The van der Waals surface area contributed by atoms with Crippen LogP contribution < -0.4 is 20.1 Å². The van der Waals surface area contributed by atoms with Gasteiger partial charge in [-0.1, -0.05) is 41.9 Å². The first-order chi connectivity index (χ1) is 27.1. The molecule has 4 N–H and O–H groups in total. The molecule has 0 aliphatic carbocycles. The molecule has 3 aromatic carbocycles. The van der Waals surface area contributed by atoms with E-state index in [2.05, 4.69) is 31.9 Å². The Balaban J connectivity index is 1.34. The van der Waals surface area contributed by atoms with E-state index in [0.717, 1.165) is 33.4 Å². The molecule has 1 atom stereocenters. The summed E-state index contributed by atoms with van der Waals surface area (Å²) >= 11 is 6.74. The molecule has 0 saturated heterocycles. The predicted molar refractivity (Wildman–Crippen MR) is 212 cm³/mol.